The molecule has 0 saturated carbocycles. The lowest BCUT2D eigenvalue weighted by atomic mass is 10.2. The molecule has 1 fully saturated rings. The molecule has 5 nitrogen and oxygen atoms in total. The Morgan fingerprint density at radius 2 is 2.13 bits per heavy atom. The van der Waals surface area contributed by atoms with E-state index in [-0.39, 0.29) is 12.6 Å². The molecule has 9 heteroatoms. The molecule has 1 amide bonds. The van der Waals surface area contributed by atoms with Gasteiger partial charge in [0.05, 0.1) is 19.3 Å². The number of alkyl halides is 3. The van der Waals surface area contributed by atoms with Crippen LogP contribution in [0.3, 0.4) is 0 Å². The summed E-state index contributed by atoms with van der Waals surface area (Å²) in [5, 5.41) is 2.42. The minimum atomic E-state index is -4.52. The number of ether oxygens (including phenoxy) is 2. The van der Waals surface area contributed by atoms with E-state index in [4.69, 9.17) is 4.74 Å². The van der Waals surface area contributed by atoms with E-state index < -0.39 is 18.9 Å². The topological polar surface area (TPSA) is 50.8 Å². The van der Waals surface area contributed by atoms with Gasteiger partial charge in [0.1, 0.15) is 0 Å². The average molecular weight is 352 g/mol. The summed E-state index contributed by atoms with van der Waals surface area (Å²) in [7, 11) is 0. The van der Waals surface area contributed by atoms with Gasteiger partial charge in [0.25, 0.3) is 0 Å². The number of morpholine rings is 1. The van der Waals surface area contributed by atoms with Crippen LogP contribution in [0.4, 0.5) is 18.0 Å². The molecule has 0 radical (unpaired) electrons. The number of carbonyl (C=O) groups excluding carboxylic acids is 1. The first-order valence-electron chi connectivity index (χ1n) is 7.20. The SMILES string of the molecule is Cc1ccc(C(CNC(=O)OCC(F)(F)F)N2CCOCC2)s1. The van der Waals surface area contributed by atoms with E-state index in [2.05, 4.69) is 15.0 Å². The van der Waals surface area contributed by atoms with Crippen molar-refractivity contribution < 1.29 is 27.4 Å². The van der Waals surface area contributed by atoms with Crippen LogP contribution < -0.4 is 5.32 Å². The van der Waals surface area contributed by atoms with E-state index in [1.54, 1.807) is 11.3 Å². The molecule has 1 aromatic rings. The van der Waals surface area contributed by atoms with Gasteiger partial charge in [0, 0.05) is 29.4 Å². The number of nitrogens with zero attached hydrogens (tertiary/aromatic N) is 1. The maximum Gasteiger partial charge on any atom is 0.422 e. The minimum absolute atomic E-state index is 0.101. The zero-order valence-electron chi connectivity index (χ0n) is 12.7. The third kappa shape index (κ3) is 6.00. The predicted molar refractivity (Wildman–Crippen MR) is 79.6 cm³/mol. The first kappa shape index (κ1) is 18.0. The summed E-state index contributed by atoms with van der Waals surface area (Å²) in [4.78, 5) is 15.8. The quantitative estimate of drug-likeness (QED) is 0.885. The monoisotopic (exact) mass is 352 g/mol. The molecule has 1 aliphatic rings. The molecule has 0 aliphatic carbocycles. The molecule has 130 valence electrons. The Hall–Kier alpha value is -1.32. The smallest absolute Gasteiger partial charge is 0.422 e. The van der Waals surface area contributed by atoms with Gasteiger partial charge in [0.15, 0.2) is 6.61 Å². The number of alkyl carbamates (subject to hydrolysis) is 1. The normalized spacial score (nSPS) is 17.7. The highest BCUT2D eigenvalue weighted by Crippen LogP contribution is 2.28. The zero-order valence-corrected chi connectivity index (χ0v) is 13.5. The Bertz CT molecular complexity index is 516. The summed E-state index contributed by atoms with van der Waals surface area (Å²) in [6, 6.07) is 3.86. The fourth-order valence-electron chi connectivity index (χ4n) is 2.31. The van der Waals surface area contributed by atoms with Gasteiger partial charge in [-0.15, -0.1) is 11.3 Å². The van der Waals surface area contributed by atoms with Crippen LogP contribution in [0.1, 0.15) is 15.8 Å². The van der Waals surface area contributed by atoms with Gasteiger partial charge < -0.3 is 14.8 Å². The molecule has 1 saturated heterocycles. The summed E-state index contributed by atoms with van der Waals surface area (Å²) < 4.78 is 45.6. The molecule has 2 rings (SSSR count). The van der Waals surface area contributed by atoms with Crippen LogP contribution in [-0.4, -0.2) is 56.6 Å². The maximum atomic E-state index is 12.0. The standard InChI is InChI=1S/C14H19F3N2O3S/c1-10-2-3-12(23-10)11(19-4-6-21-7-5-19)8-18-13(20)22-9-14(15,16)17/h2-3,11H,4-9H2,1H3,(H,18,20). The van der Waals surface area contributed by atoms with Crippen molar-refractivity contribution in [2.24, 2.45) is 0 Å². The van der Waals surface area contributed by atoms with E-state index in [1.807, 2.05) is 19.1 Å². The fraction of sp³-hybridized carbons (Fsp3) is 0.643. The third-order valence-electron chi connectivity index (χ3n) is 3.38. The Kier molecular flexibility index (Phi) is 6.25. The Balaban J connectivity index is 1.93. The number of amides is 1. The first-order chi connectivity index (χ1) is 10.8. The fourth-order valence-corrected chi connectivity index (χ4v) is 3.32. The van der Waals surface area contributed by atoms with Crippen LogP contribution in [0.25, 0.3) is 0 Å². The van der Waals surface area contributed by atoms with Gasteiger partial charge in [-0.2, -0.15) is 13.2 Å². The highest BCUT2D eigenvalue weighted by atomic mass is 32.1. The van der Waals surface area contributed by atoms with Gasteiger partial charge in [-0.3, -0.25) is 4.90 Å². The van der Waals surface area contributed by atoms with E-state index in [0.717, 1.165) is 9.75 Å². The molecule has 1 aliphatic heterocycles. The molecular weight excluding hydrogens is 333 g/mol. The molecule has 23 heavy (non-hydrogen) atoms. The number of hydrogen-bond donors (Lipinski definition) is 1. The van der Waals surface area contributed by atoms with Crippen LogP contribution >= 0.6 is 11.3 Å². The van der Waals surface area contributed by atoms with Crippen molar-refractivity contribution in [1.82, 2.24) is 10.2 Å². The molecule has 1 atom stereocenters. The summed E-state index contributed by atoms with van der Waals surface area (Å²) in [5.74, 6) is 0. The number of carbonyl (C=O) groups is 1. The van der Waals surface area contributed by atoms with Gasteiger partial charge in [-0.25, -0.2) is 4.79 Å². The lowest BCUT2D eigenvalue weighted by molar-refractivity contribution is -0.160. The van der Waals surface area contributed by atoms with Crippen LogP contribution in [0.15, 0.2) is 12.1 Å². The Morgan fingerprint density at radius 1 is 1.43 bits per heavy atom. The van der Waals surface area contributed by atoms with Crippen LogP contribution in [0.2, 0.25) is 0 Å². The lowest BCUT2D eigenvalue weighted by Gasteiger charge is -2.34. The van der Waals surface area contributed by atoms with E-state index in [1.165, 1.54) is 0 Å². The number of rotatable bonds is 5. The van der Waals surface area contributed by atoms with Crippen molar-refractivity contribution in [3.8, 4) is 0 Å². The number of thiophene rings is 1. The van der Waals surface area contributed by atoms with Crippen molar-refractivity contribution in [2.75, 3.05) is 39.5 Å². The van der Waals surface area contributed by atoms with Gasteiger partial charge in [0.2, 0.25) is 0 Å². The van der Waals surface area contributed by atoms with Crippen molar-refractivity contribution in [3.05, 3.63) is 21.9 Å². The molecule has 1 aromatic heterocycles. The van der Waals surface area contributed by atoms with E-state index in [9.17, 15) is 18.0 Å². The molecule has 0 spiro atoms. The van der Waals surface area contributed by atoms with Crippen molar-refractivity contribution in [2.45, 2.75) is 19.1 Å². The number of aryl methyl sites for hydroxylation is 1. The highest BCUT2D eigenvalue weighted by molar-refractivity contribution is 7.12. The molecule has 0 bridgehead atoms. The highest BCUT2D eigenvalue weighted by Gasteiger charge is 2.30. The second-order valence-electron chi connectivity index (χ2n) is 5.18. The maximum absolute atomic E-state index is 12.0. The van der Waals surface area contributed by atoms with Gasteiger partial charge in [-0.05, 0) is 19.1 Å². The number of halogens is 3. The summed E-state index contributed by atoms with van der Waals surface area (Å²) in [6.45, 7) is 3.20. The lowest BCUT2D eigenvalue weighted by Crippen LogP contribution is -2.43. The summed E-state index contributed by atoms with van der Waals surface area (Å²) in [6.07, 6.45) is -5.58. The largest absolute Gasteiger partial charge is 0.440 e. The minimum Gasteiger partial charge on any atom is -0.440 e. The van der Waals surface area contributed by atoms with Crippen molar-refractivity contribution in [3.63, 3.8) is 0 Å². The van der Waals surface area contributed by atoms with Crippen molar-refractivity contribution >= 4 is 17.4 Å². The predicted octanol–water partition coefficient (Wildman–Crippen LogP) is 2.72. The second-order valence-corrected chi connectivity index (χ2v) is 6.50. The summed E-state index contributed by atoms with van der Waals surface area (Å²) >= 11 is 1.60. The average Bonchev–Trinajstić information content (AvgIpc) is 2.92. The van der Waals surface area contributed by atoms with E-state index in [0.29, 0.717) is 26.3 Å². The molecule has 1 unspecified atom stereocenters. The third-order valence-corrected chi connectivity index (χ3v) is 4.48. The van der Waals surface area contributed by atoms with Crippen LogP contribution in [-0.2, 0) is 9.47 Å². The number of nitrogens with one attached hydrogen (secondary N) is 1. The van der Waals surface area contributed by atoms with Crippen LogP contribution in [0.5, 0.6) is 0 Å². The first-order valence-corrected chi connectivity index (χ1v) is 8.02. The van der Waals surface area contributed by atoms with Gasteiger partial charge in [-0.1, -0.05) is 0 Å². The van der Waals surface area contributed by atoms with Crippen molar-refractivity contribution in [1.29, 1.82) is 0 Å². The Labute approximate surface area is 136 Å². The van der Waals surface area contributed by atoms with E-state index >= 15 is 0 Å². The molecule has 2 heterocycles. The van der Waals surface area contributed by atoms with Gasteiger partial charge >= 0.3 is 12.3 Å². The zero-order chi connectivity index (χ0) is 16.9. The van der Waals surface area contributed by atoms with Crippen LogP contribution in [0, 0.1) is 6.92 Å². The summed E-state index contributed by atoms with van der Waals surface area (Å²) in [5.41, 5.74) is 0. The Morgan fingerprint density at radius 3 is 2.70 bits per heavy atom. The molecule has 1 N–H and O–H groups in total. The second kappa shape index (κ2) is 7.98. The molecular formula is C14H19F3N2O3S. The number of hydrogen-bond acceptors (Lipinski definition) is 5. The molecule has 0 aromatic carbocycles.